The molecule has 0 aliphatic carbocycles. The fourth-order valence-corrected chi connectivity index (χ4v) is 4.68. The molecule has 0 spiro atoms. The molecule has 2 nitrogen and oxygen atoms in total. The molecule has 0 aromatic heterocycles. The normalized spacial score (nSPS) is 54.3. The van der Waals surface area contributed by atoms with Gasteiger partial charge in [-0.15, -0.1) is 0 Å². The molecule has 2 aliphatic rings. The Hall–Kier alpha value is 0.350. The van der Waals surface area contributed by atoms with Crippen LogP contribution in [0.25, 0.3) is 0 Å². The average Bonchev–Trinajstić information content (AvgIpc) is 2.24. The molecule has 0 bridgehead atoms. The minimum atomic E-state index is -0.157. The lowest BCUT2D eigenvalue weighted by atomic mass is 10.0. The molecular weight excluding hydrogens is 159 g/mol. The van der Waals surface area contributed by atoms with E-state index in [9.17, 15) is 0 Å². The van der Waals surface area contributed by atoms with Crippen molar-refractivity contribution >= 4 is 8.15 Å². The van der Waals surface area contributed by atoms with Gasteiger partial charge in [0.25, 0.3) is 0 Å². The van der Waals surface area contributed by atoms with Gasteiger partial charge >= 0.3 is 0 Å². The van der Waals surface area contributed by atoms with Gasteiger partial charge in [-0.1, -0.05) is 0 Å². The lowest BCUT2D eigenvalue weighted by Crippen LogP contribution is -2.15. The average molecular weight is 174 g/mol. The van der Waals surface area contributed by atoms with E-state index in [0.29, 0.717) is 0 Å². The smallest absolute Gasteiger partial charge is 0.101 e. The van der Waals surface area contributed by atoms with E-state index in [-0.39, 0.29) is 19.4 Å². The molecule has 3 heteroatoms. The zero-order valence-electron chi connectivity index (χ0n) is 7.39. The minimum Gasteiger partial charge on any atom is -0.362 e. The number of rotatable bonds is 2. The second-order valence-electron chi connectivity index (χ2n) is 3.78. The zero-order chi connectivity index (χ0) is 8.11. The summed E-state index contributed by atoms with van der Waals surface area (Å²) in [5.74, 6) is 0. The summed E-state index contributed by atoms with van der Waals surface area (Å²) >= 11 is 0. The quantitative estimate of drug-likeness (QED) is 0.471. The van der Waals surface area contributed by atoms with Crippen molar-refractivity contribution in [3.63, 3.8) is 0 Å². The Morgan fingerprint density at radius 1 is 1.36 bits per heavy atom. The second-order valence-corrected chi connectivity index (χ2v) is 5.63. The Morgan fingerprint density at radius 3 is 2.36 bits per heavy atom. The topological polar surface area (TPSA) is 21.8 Å². The molecule has 0 aromatic carbocycles. The molecule has 0 aromatic rings. The minimum absolute atomic E-state index is 0.157. The van der Waals surface area contributed by atoms with E-state index in [0.717, 1.165) is 18.9 Å². The predicted octanol–water partition coefficient (Wildman–Crippen LogP) is 1.98. The van der Waals surface area contributed by atoms with Crippen LogP contribution in [-0.4, -0.2) is 30.1 Å². The molecule has 64 valence electrons. The van der Waals surface area contributed by atoms with Crippen LogP contribution in [0.2, 0.25) is 0 Å². The third-order valence-electron chi connectivity index (χ3n) is 2.80. The van der Waals surface area contributed by atoms with Gasteiger partial charge in [0.1, 0.15) is 11.2 Å². The first-order valence-corrected chi connectivity index (χ1v) is 5.81. The van der Waals surface area contributed by atoms with Gasteiger partial charge in [0, 0.05) is 27.1 Å². The Bertz CT molecular complexity index is 169. The van der Waals surface area contributed by atoms with Crippen LogP contribution in [0.3, 0.4) is 0 Å². The fraction of sp³-hybridized carbons (Fsp3) is 1.00. The molecule has 11 heavy (non-hydrogen) atoms. The molecule has 3 atom stereocenters. The van der Waals surface area contributed by atoms with Gasteiger partial charge in [0.15, 0.2) is 0 Å². The van der Waals surface area contributed by atoms with Crippen LogP contribution in [-0.2, 0) is 9.26 Å². The lowest BCUT2D eigenvalue weighted by molar-refractivity contribution is 0.279. The van der Waals surface area contributed by atoms with Crippen LogP contribution >= 0.6 is 8.15 Å². The molecule has 0 saturated carbocycles. The number of epoxide rings is 1. The highest BCUT2D eigenvalue weighted by molar-refractivity contribution is 7.53. The molecule has 2 rings (SSSR count). The van der Waals surface area contributed by atoms with Crippen LogP contribution in [0.4, 0.5) is 0 Å². The largest absolute Gasteiger partial charge is 0.362 e. The highest BCUT2D eigenvalue weighted by atomic mass is 31.1. The Balaban J connectivity index is 1.96. The monoisotopic (exact) mass is 174 g/mol. The maximum Gasteiger partial charge on any atom is 0.101 e. The predicted molar refractivity (Wildman–Crippen MR) is 46.2 cm³/mol. The van der Waals surface area contributed by atoms with Crippen molar-refractivity contribution in [1.82, 2.24) is 0 Å². The maximum atomic E-state index is 5.64. The van der Waals surface area contributed by atoms with Gasteiger partial charge in [0.05, 0.1) is 0 Å². The second kappa shape index (κ2) is 2.18. The van der Waals surface area contributed by atoms with E-state index in [1.54, 1.807) is 0 Å². The van der Waals surface area contributed by atoms with Gasteiger partial charge in [-0.2, -0.15) is 0 Å². The lowest BCUT2D eigenvalue weighted by Gasteiger charge is -2.12. The highest BCUT2D eigenvalue weighted by Crippen LogP contribution is 2.66. The van der Waals surface area contributed by atoms with Gasteiger partial charge in [-0.3, -0.25) is 0 Å². The van der Waals surface area contributed by atoms with Gasteiger partial charge in [-0.25, -0.2) is 0 Å². The van der Waals surface area contributed by atoms with E-state index in [4.69, 9.17) is 9.26 Å². The van der Waals surface area contributed by atoms with Crippen LogP contribution in [0.5, 0.6) is 0 Å². The van der Waals surface area contributed by atoms with Crippen molar-refractivity contribution in [2.24, 2.45) is 0 Å². The third kappa shape index (κ3) is 1.04. The summed E-state index contributed by atoms with van der Waals surface area (Å²) in [5, 5.41) is 0. The SMILES string of the molecule is CCOP1C[C@@]2(C)O[C@@]2(C)C1. The van der Waals surface area contributed by atoms with Crippen molar-refractivity contribution in [2.75, 3.05) is 18.9 Å². The highest BCUT2D eigenvalue weighted by Gasteiger charge is 2.69. The summed E-state index contributed by atoms with van der Waals surface area (Å²) in [5.41, 5.74) is 0.349. The summed E-state index contributed by atoms with van der Waals surface area (Å²) in [4.78, 5) is 0. The summed E-state index contributed by atoms with van der Waals surface area (Å²) in [6.45, 7) is 7.33. The van der Waals surface area contributed by atoms with Crippen molar-refractivity contribution in [3.8, 4) is 0 Å². The fourth-order valence-electron chi connectivity index (χ4n) is 1.87. The molecule has 2 saturated heterocycles. The molecule has 0 radical (unpaired) electrons. The van der Waals surface area contributed by atoms with E-state index >= 15 is 0 Å². The van der Waals surface area contributed by atoms with Crippen LogP contribution in [0.15, 0.2) is 0 Å². The molecule has 1 unspecified atom stereocenters. The van der Waals surface area contributed by atoms with Gasteiger partial charge in [0.2, 0.25) is 0 Å². The van der Waals surface area contributed by atoms with Gasteiger partial charge < -0.3 is 9.26 Å². The molecular formula is C8H15O2P. The van der Waals surface area contributed by atoms with Crippen molar-refractivity contribution in [2.45, 2.75) is 32.0 Å². The van der Waals surface area contributed by atoms with Crippen molar-refractivity contribution in [1.29, 1.82) is 0 Å². The summed E-state index contributed by atoms with van der Waals surface area (Å²) in [7, 11) is -0.157. The maximum absolute atomic E-state index is 5.64. The van der Waals surface area contributed by atoms with E-state index < -0.39 is 0 Å². The van der Waals surface area contributed by atoms with E-state index in [1.807, 2.05) is 0 Å². The molecule has 2 aliphatic heterocycles. The van der Waals surface area contributed by atoms with Gasteiger partial charge in [-0.05, 0) is 20.8 Å². The van der Waals surface area contributed by atoms with Crippen LogP contribution in [0.1, 0.15) is 20.8 Å². The van der Waals surface area contributed by atoms with Crippen molar-refractivity contribution in [3.05, 3.63) is 0 Å². The number of hydrogen-bond donors (Lipinski definition) is 0. The Morgan fingerprint density at radius 2 is 1.91 bits per heavy atom. The van der Waals surface area contributed by atoms with Crippen molar-refractivity contribution < 1.29 is 9.26 Å². The van der Waals surface area contributed by atoms with Crippen LogP contribution < -0.4 is 0 Å². The van der Waals surface area contributed by atoms with E-state index in [1.165, 1.54) is 0 Å². The summed E-state index contributed by atoms with van der Waals surface area (Å²) < 4.78 is 11.3. The molecule has 2 heterocycles. The summed E-state index contributed by atoms with van der Waals surface area (Å²) in [6, 6.07) is 0. The molecule has 2 fully saturated rings. The molecule has 0 amide bonds. The van der Waals surface area contributed by atoms with E-state index in [2.05, 4.69) is 20.8 Å². The summed E-state index contributed by atoms with van der Waals surface area (Å²) in [6.07, 6.45) is 2.29. The number of ether oxygens (including phenoxy) is 1. The number of hydrogen-bond acceptors (Lipinski definition) is 2. The molecule has 0 N–H and O–H groups in total. The van der Waals surface area contributed by atoms with Crippen LogP contribution in [0, 0.1) is 0 Å². The third-order valence-corrected chi connectivity index (χ3v) is 5.33. The first-order valence-electron chi connectivity index (χ1n) is 4.18. The Labute approximate surface area is 69.1 Å². The standard InChI is InChI=1S/C8H15O2P/c1-4-9-11-5-7(2)8(3,6-11)10-7/h4-6H2,1-3H3/t7-,8+,11?. The zero-order valence-corrected chi connectivity index (χ0v) is 8.28. The Kier molecular flexibility index (Phi) is 1.58. The first-order chi connectivity index (χ1) is 5.10. The number of fused-ring (bicyclic) bond motifs is 1. The first kappa shape index (κ1) is 7.97.